The summed E-state index contributed by atoms with van der Waals surface area (Å²) in [6, 6.07) is 26.8. The molecule has 9 heteroatoms. The summed E-state index contributed by atoms with van der Waals surface area (Å²) in [5, 5.41) is 10.7. The Bertz CT molecular complexity index is 1630. The standard InChI is InChI=1S/C34H41N5O3S/c1-25-10-16-30(17-11-25)39-32(23-31(37-39)34(2,3)4)36-33(40)35-29-14-12-26(13-15-29)22-27-18-20-38(21-19-27)43(41,42)24-28-8-6-5-7-9-28/h5-17,23,27H,18-22,24H2,1-4H3,(H2,35,36,40). The summed E-state index contributed by atoms with van der Waals surface area (Å²) in [6.07, 6.45) is 2.55. The summed E-state index contributed by atoms with van der Waals surface area (Å²) >= 11 is 0. The molecular formula is C34H41N5O3S. The van der Waals surface area contributed by atoms with Crippen LogP contribution in [0.3, 0.4) is 0 Å². The molecule has 0 atom stereocenters. The molecule has 0 unspecified atom stereocenters. The highest BCUT2D eigenvalue weighted by atomic mass is 32.2. The number of rotatable bonds is 8. The Morgan fingerprint density at radius 3 is 2.16 bits per heavy atom. The van der Waals surface area contributed by atoms with Crippen LogP contribution in [0.15, 0.2) is 84.9 Å². The number of carbonyl (C=O) groups excluding carboxylic acids is 1. The van der Waals surface area contributed by atoms with Crippen molar-refractivity contribution in [3.63, 3.8) is 0 Å². The molecule has 0 spiro atoms. The minimum Gasteiger partial charge on any atom is -0.308 e. The van der Waals surface area contributed by atoms with Crippen LogP contribution in [0.2, 0.25) is 0 Å². The van der Waals surface area contributed by atoms with Crippen LogP contribution >= 0.6 is 0 Å². The number of carbonyl (C=O) groups is 1. The predicted octanol–water partition coefficient (Wildman–Crippen LogP) is 6.91. The fraction of sp³-hybridized carbons (Fsp3) is 0.353. The first kappa shape index (κ1) is 30.5. The minimum absolute atomic E-state index is 0.0482. The quantitative estimate of drug-likeness (QED) is 0.230. The predicted molar refractivity (Wildman–Crippen MR) is 173 cm³/mol. The Morgan fingerprint density at radius 1 is 0.884 bits per heavy atom. The van der Waals surface area contributed by atoms with Crippen molar-refractivity contribution in [3.8, 4) is 5.69 Å². The van der Waals surface area contributed by atoms with Crippen molar-refractivity contribution in [2.75, 3.05) is 23.7 Å². The highest BCUT2D eigenvalue weighted by Gasteiger charge is 2.28. The third-order valence-electron chi connectivity index (χ3n) is 7.89. The number of amides is 2. The number of aromatic nitrogens is 2. The van der Waals surface area contributed by atoms with Gasteiger partial charge in [-0.3, -0.25) is 5.32 Å². The van der Waals surface area contributed by atoms with E-state index in [1.54, 1.807) is 8.99 Å². The lowest BCUT2D eigenvalue weighted by Gasteiger charge is -2.31. The smallest absolute Gasteiger partial charge is 0.308 e. The largest absolute Gasteiger partial charge is 0.324 e. The Kier molecular flexibility index (Phi) is 9.03. The maximum atomic E-state index is 13.0. The van der Waals surface area contributed by atoms with Gasteiger partial charge in [-0.1, -0.05) is 80.9 Å². The van der Waals surface area contributed by atoms with Gasteiger partial charge in [0.05, 0.1) is 17.1 Å². The Balaban J connectivity index is 1.15. The molecule has 2 heterocycles. The Morgan fingerprint density at radius 2 is 1.53 bits per heavy atom. The van der Waals surface area contributed by atoms with Gasteiger partial charge in [-0.05, 0) is 67.5 Å². The van der Waals surface area contributed by atoms with Crippen molar-refractivity contribution in [1.29, 1.82) is 0 Å². The molecule has 43 heavy (non-hydrogen) atoms. The molecule has 3 aromatic carbocycles. The van der Waals surface area contributed by atoms with E-state index in [1.165, 1.54) is 5.56 Å². The lowest BCUT2D eigenvalue weighted by molar-refractivity contribution is 0.262. The summed E-state index contributed by atoms with van der Waals surface area (Å²) < 4.78 is 29.2. The van der Waals surface area contributed by atoms with Crippen molar-refractivity contribution in [3.05, 3.63) is 107 Å². The monoisotopic (exact) mass is 599 g/mol. The second-order valence-electron chi connectivity index (χ2n) is 12.5. The summed E-state index contributed by atoms with van der Waals surface area (Å²) in [5.41, 5.74) is 5.42. The number of anilines is 2. The van der Waals surface area contributed by atoms with Crippen LogP contribution in [0.5, 0.6) is 0 Å². The van der Waals surface area contributed by atoms with E-state index in [9.17, 15) is 13.2 Å². The molecule has 226 valence electrons. The molecule has 5 rings (SSSR count). The van der Waals surface area contributed by atoms with E-state index in [4.69, 9.17) is 5.10 Å². The van der Waals surface area contributed by atoms with E-state index in [-0.39, 0.29) is 17.2 Å². The highest BCUT2D eigenvalue weighted by molar-refractivity contribution is 7.88. The number of benzene rings is 3. The maximum Gasteiger partial charge on any atom is 0.324 e. The van der Waals surface area contributed by atoms with Crippen LogP contribution in [0.4, 0.5) is 16.3 Å². The van der Waals surface area contributed by atoms with Crippen LogP contribution in [-0.4, -0.2) is 41.6 Å². The second-order valence-corrected chi connectivity index (χ2v) is 14.4. The molecule has 1 fully saturated rings. The van der Waals surface area contributed by atoms with Crippen molar-refractivity contribution >= 4 is 27.6 Å². The number of piperidine rings is 1. The highest BCUT2D eigenvalue weighted by Crippen LogP contribution is 2.28. The first-order valence-corrected chi connectivity index (χ1v) is 16.4. The van der Waals surface area contributed by atoms with Crippen LogP contribution in [0, 0.1) is 12.8 Å². The lowest BCUT2D eigenvalue weighted by Crippen LogP contribution is -2.39. The summed E-state index contributed by atoms with van der Waals surface area (Å²) in [6.45, 7) is 9.42. The van der Waals surface area contributed by atoms with Gasteiger partial charge in [0.1, 0.15) is 5.82 Å². The van der Waals surface area contributed by atoms with Gasteiger partial charge in [-0.2, -0.15) is 5.10 Å². The molecule has 0 saturated carbocycles. The Hall–Kier alpha value is -3.95. The van der Waals surface area contributed by atoms with Gasteiger partial charge in [0.25, 0.3) is 0 Å². The molecule has 0 bridgehead atoms. The zero-order chi connectivity index (χ0) is 30.6. The van der Waals surface area contributed by atoms with E-state index in [1.807, 2.05) is 91.9 Å². The van der Waals surface area contributed by atoms with Gasteiger partial charge in [-0.25, -0.2) is 22.2 Å². The van der Waals surface area contributed by atoms with Gasteiger partial charge in [0.15, 0.2) is 0 Å². The molecule has 2 amide bonds. The van der Waals surface area contributed by atoms with E-state index < -0.39 is 10.0 Å². The van der Waals surface area contributed by atoms with Gasteiger partial charge in [-0.15, -0.1) is 0 Å². The van der Waals surface area contributed by atoms with E-state index in [0.29, 0.717) is 30.5 Å². The number of hydrogen-bond acceptors (Lipinski definition) is 4. The summed E-state index contributed by atoms with van der Waals surface area (Å²) in [5.74, 6) is 1.07. The van der Waals surface area contributed by atoms with Crippen molar-refractivity contribution < 1.29 is 13.2 Å². The van der Waals surface area contributed by atoms with Crippen LogP contribution in [-0.2, 0) is 27.6 Å². The molecule has 0 aliphatic carbocycles. The zero-order valence-electron chi connectivity index (χ0n) is 25.4. The second kappa shape index (κ2) is 12.7. The number of urea groups is 1. The lowest BCUT2D eigenvalue weighted by atomic mass is 9.91. The van der Waals surface area contributed by atoms with Gasteiger partial charge >= 0.3 is 6.03 Å². The maximum absolute atomic E-state index is 13.0. The number of nitrogens with zero attached hydrogens (tertiary/aromatic N) is 3. The molecule has 0 radical (unpaired) electrons. The van der Waals surface area contributed by atoms with E-state index >= 15 is 0 Å². The van der Waals surface area contributed by atoms with Crippen molar-refractivity contribution in [2.24, 2.45) is 5.92 Å². The van der Waals surface area contributed by atoms with E-state index in [0.717, 1.165) is 41.8 Å². The SMILES string of the molecule is Cc1ccc(-n2nc(C(C)(C)C)cc2NC(=O)Nc2ccc(CC3CCN(S(=O)(=O)Cc4ccccc4)CC3)cc2)cc1. The van der Waals surface area contributed by atoms with Crippen molar-refractivity contribution in [1.82, 2.24) is 14.1 Å². The fourth-order valence-electron chi connectivity index (χ4n) is 5.32. The molecule has 2 N–H and O–H groups in total. The molecular weight excluding hydrogens is 558 g/mol. The summed E-state index contributed by atoms with van der Waals surface area (Å²) in [4.78, 5) is 13.0. The fourth-order valence-corrected chi connectivity index (χ4v) is 6.89. The van der Waals surface area contributed by atoms with Gasteiger partial charge in [0.2, 0.25) is 10.0 Å². The third kappa shape index (κ3) is 7.91. The minimum atomic E-state index is -3.32. The molecule has 1 aliphatic heterocycles. The first-order valence-electron chi connectivity index (χ1n) is 14.8. The van der Waals surface area contributed by atoms with E-state index in [2.05, 4.69) is 31.4 Å². The molecule has 1 saturated heterocycles. The zero-order valence-corrected chi connectivity index (χ0v) is 26.2. The van der Waals surface area contributed by atoms with Gasteiger partial charge < -0.3 is 5.32 Å². The van der Waals surface area contributed by atoms with Crippen LogP contribution < -0.4 is 10.6 Å². The van der Waals surface area contributed by atoms with Crippen molar-refractivity contribution in [2.45, 2.75) is 58.1 Å². The molecule has 8 nitrogen and oxygen atoms in total. The number of aryl methyl sites for hydroxylation is 1. The normalized spacial score (nSPS) is 14.9. The first-order chi connectivity index (χ1) is 20.5. The average molecular weight is 600 g/mol. The van der Waals surface area contributed by atoms with Crippen LogP contribution in [0.1, 0.15) is 56.0 Å². The number of sulfonamides is 1. The number of nitrogens with one attached hydrogen (secondary N) is 2. The molecule has 1 aromatic heterocycles. The van der Waals surface area contributed by atoms with Gasteiger partial charge in [0, 0.05) is 30.3 Å². The molecule has 4 aromatic rings. The number of hydrogen-bond donors (Lipinski definition) is 2. The van der Waals surface area contributed by atoms with Crippen LogP contribution in [0.25, 0.3) is 5.69 Å². The third-order valence-corrected chi connectivity index (χ3v) is 9.74. The topological polar surface area (TPSA) is 96.3 Å². The average Bonchev–Trinajstić information content (AvgIpc) is 3.39. The Labute approximate surface area is 255 Å². The molecule has 1 aliphatic rings. The summed E-state index contributed by atoms with van der Waals surface area (Å²) in [7, 11) is -3.32.